The number of pyridine rings is 1. The van der Waals surface area contributed by atoms with Crippen LogP contribution in [0, 0.1) is 31.3 Å². The van der Waals surface area contributed by atoms with Gasteiger partial charge in [-0.05, 0) is 26.7 Å². The molecule has 1 aliphatic rings. The molecule has 2 aromatic rings. The van der Waals surface area contributed by atoms with Crippen LogP contribution in [0.2, 0.25) is 0 Å². The predicted molar refractivity (Wildman–Crippen MR) is 65.8 cm³/mol. The van der Waals surface area contributed by atoms with E-state index >= 15 is 0 Å². The summed E-state index contributed by atoms with van der Waals surface area (Å²) in [5, 5.41) is -0.479. The lowest BCUT2D eigenvalue weighted by molar-refractivity contribution is 0.493. The molecule has 0 saturated heterocycles. The van der Waals surface area contributed by atoms with Crippen molar-refractivity contribution in [1.82, 2.24) is 4.57 Å². The SMILES string of the molecule is Cc1c(F)c(F)c2c(=O)c(C)cn(C3CC3)c2c1F. The molecule has 3 rings (SSSR count). The van der Waals surface area contributed by atoms with E-state index in [1.807, 2.05) is 0 Å². The molecule has 100 valence electrons. The van der Waals surface area contributed by atoms with Gasteiger partial charge in [-0.1, -0.05) is 0 Å². The van der Waals surface area contributed by atoms with Crippen molar-refractivity contribution in [2.24, 2.45) is 0 Å². The van der Waals surface area contributed by atoms with E-state index in [9.17, 15) is 18.0 Å². The van der Waals surface area contributed by atoms with Gasteiger partial charge in [0, 0.05) is 23.4 Å². The van der Waals surface area contributed by atoms with Crippen LogP contribution in [0.3, 0.4) is 0 Å². The van der Waals surface area contributed by atoms with Gasteiger partial charge in [-0.15, -0.1) is 0 Å². The van der Waals surface area contributed by atoms with E-state index in [4.69, 9.17) is 0 Å². The van der Waals surface area contributed by atoms with Crippen LogP contribution in [0.25, 0.3) is 10.9 Å². The molecule has 1 heterocycles. The molecule has 2 nitrogen and oxygen atoms in total. The normalized spacial score (nSPS) is 15.2. The highest BCUT2D eigenvalue weighted by Gasteiger charge is 2.29. The van der Waals surface area contributed by atoms with Crippen LogP contribution < -0.4 is 5.43 Å². The number of halogens is 3. The van der Waals surface area contributed by atoms with Crippen molar-refractivity contribution in [3.05, 3.63) is 45.0 Å². The van der Waals surface area contributed by atoms with Crippen molar-refractivity contribution >= 4 is 10.9 Å². The third kappa shape index (κ3) is 1.60. The summed E-state index contributed by atoms with van der Waals surface area (Å²) in [7, 11) is 0. The van der Waals surface area contributed by atoms with E-state index in [0.717, 1.165) is 12.8 Å². The highest BCUT2D eigenvalue weighted by atomic mass is 19.2. The maximum atomic E-state index is 14.2. The van der Waals surface area contributed by atoms with Crippen molar-refractivity contribution in [2.45, 2.75) is 32.7 Å². The van der Waals surface area contributed by atoms with Gasteiger partial charge in [0.2, 0.25) is 0 Å². The van der Waals surface area contributed by atoms with Crippen molar-refractivity contribution in [1.29, 1.82) is 0 Å². The minimum Gasteiger partial charge on any atom is -0.341 e. The second kappa shape index (κ2) is 3.85. The van der Waals surface area contributed by atoms with Crippen LogP contribution in [-0.4, -0.2) is 4.57 Å². The van der Waals surface area contributed by atoms with Crippen molar-refractivity contribution < 1.29 is 13.2 Å². The van der Waals surface area contributed by atoms with Gasteiger partial charge < -0.3 is 4.57 Å². The van der Waals surface area contributed by atoms with Gasteiger partial charge in [0.05, 0.1) is 10.9 Å². The second-order valence-electron chi connectivity index (χ2n) is 5.07. The maximum absolute atomic E-state index is 14.2. The molecule has 0 unspecified atom stereocenters. The number of hydrogen-bond donors (Lipinski definition) is 0. The standard InChI is InChI=1S/C14H12F3NO/c1-6-5-18(8-3-4-8)13-9(14(6)19)12(17)10(15)7(2)11(13)16/h5,8H,3-4H2,1-2H3. The molecule has 0 atom stereocenters. The lowest BCUT2D eigenvalue weighted by atomic mass is 10.1. The minimum absolute atomic E-state index is 0.0700. The van der Waals surface area contributed by atoms with E-state index in [2.05, 4.69) is 0 Å². The third-order valence-electron chi connectivity index (χ3n) is 3.63. The lowest BCUT2D eigenvalue weighted by Crippen LogP contribution is -2.16. The maximum Gasteiger partial charge on any atom is 0.195 e. The number of fused-ring (bicyclic) bond motifs is 1. The van der Waals surface area contributed by atoms with Gasteiger partial charge in [0.25, 0.3) is 0 Å². The Kier molecular flexibility index (Phi) is 2.49. The van der Waals surface area contributed by atoms with Crippen LogP contribution in [0.15, 0.2) is 11.0 Å². The summed E-state index contributed by atoms with van der Waals surface area (Å²) >= 11 is 0. The van der Waals surface area contributed by atoms with E-state index in [1.165, 1.54) is 20.0 Å². The second-order valence-corrected chi connectivity index (χ2v) is 5.07. The van der Waals surface area contributed by atoms with Crippen LogP contribution in [-0.2, 0) is 0 Å². The van der Waals surface area contributed by atoms with E-state index in [-0.39, 0.29) is 17.1 Å². The summed E-state index contributed by atoms with van der Waals surface area (Å²) in [6.45, 7) is 2.70. The van der Waals surface area contributed by atoms with Gasteiger partial charge in [0.1, 0.15) is 0 Å². The Hall–Kier alpha value is -1.78. The number of aromatic nitrogens is 1. The fourth-order valence-corrected chi connectivity index (χ4v) is 2.38. The van der Waals surface area contributed by atoms with Crippen LogP contribution >= 0.6 is 0 Å². The zero-order chi connectivity index (χ0) is 13.9. The number of aryl methyl sites for hydroxylation is 1. The van der Waals surface area contributed by atoms with Crippen molar-refractivity contribution in [2.75, 3.05) is 0 Å². The first-order chi connectivity index (χ1) is 8.93. The fraction of sp³-hybridized carbons (Fsp3) is 0.357. The largest absolute Gasteiger partial charge is 0.341 e. The molecular formula is C14H12F3NO. The predicted octanol–water partition coefficient (Wildman–Crippen LogP) is 3.37. The Morgan fingerprint density at radius 2 is 1.74 bits per heavy atom. The zero-order valence-corrected chi connectivity index (χ0v) is 10.6. The van der Waals surface area contributed by atoms with E-state index in [1.54, 1.807) is 4.57 Å². The number of benzene rings is 1. The summed E-state index contributed by atoms with van der Waals surface area (Å²) in [6, 6.07) is 0.0700. The molecule has 0 N–H and O–H groups in total. The summed E-state index contributed by atoms with van der Waals surface area (Å²) in [4.78, 5) is 12.0. The van der Waals surface area contributed by atoms with Crippen molar-refractivity contribution in [3.8, 4) is 0 Å². The van der Waals surface area contributed by atoms with E-state index < -0.39 is 28.3 Å². The molecule has 0 spiro atoms. The third-order valence-corrected chi connectivity index (χ3v) is 3.63. The van der Waals surface area contributed by atoms with Gasteiger partial charge >= 0.3 is 0 Å². The lowest BCUT2D eigenvalue weighted by Gasteiger charge is -2.14. The number of rotatable bonds is 1. The monoisotopic (exact) mass is 267 g/mol. The van der Waals surface area contributed by atoms with E-state index in [0.29, 0.717) is 5.56 Å². The number of nitrogens with zero attached hydrogens (tertiary/aromatic N) is 1. The molecule has 1 fully saturated rings. The summed E-state index contributed by atoms with van der Waals surface area (Å²) in [5.74, 6) is -3.38. The Bertz CT molecular complexity index is 760. The van der Waals surface area contributed by atoms with Crippen LogP contribution in [0.5, 0.6) is 0 Å². The Labute approximate surface area is 107 Å². The summed E-state index contributed by atoms with van der Waals surface area (Å²) < 4.78 is 43.4. The molecule has 0 radical (unpaired) electrons. The smallest absolute Gasteiger partial charge is 0.195 e. The first-order valence-electron chi connectivity index (χ1n) is 6.12. The molecule has 5 heteroatoms. The zero-order valence-electron chi connectivity index (χ0n) is 10.6. The quantitative estimate of drug-likeness (QED) is 0.726. The molecule has 1 aromatic heterocycles. The van der Waals surface area contributed by atoms with Gasteiger partial charge in [-0.3, -0.25) is 4.79 Å². The average Bonchev–Trinajstić information content (AvgIpc) is 3.20. The topological polar surface area (TPSA) is 22.0 Å². The average molecular weight is 267 g/mol. The summed E-state index contributed by atoms with van der Waals surface area (Å²) in [5.41, 5.74) is -0.861. The first kappa shape index (κ1) is 12.3. The van der Waals surface area contributed by atoms with Crippen LogP contribution in [0.1, 0.15) is 30.0 Å². The van der Waals surface area contributed by atoms with Crippen LogP contribution in [0.4, 0.5) is 13.2 Å². The molecule has 1 saturated carbocycles. The fourth-order valence-electron chi connectivity index (χ4n) is 2.38. The summed E-state index contributed by atoms with van der Waals surface area (Å²) in [6.07, 6.45) is 3.24. The molecule has 0 bridgehead atoms. The highest BCUT2D eigenvalue weighted by Crippen LogP contribution is 2.38. The Morgan fingerprint density at radius 1 is 1.11 bits per heavy atom. The number of hydrogen-bond acceptors (Lipinski definition) is 1. The van der Waals surface area contributed by atoms with Crippen molar-refractivity contribution in [3.63, 3.8) is 0 Å². The Balaban J connectivity index is 2.60. The molecule has 0 amide bonds. The molecular weight excluding hydrogens is 255 g/mol. The van der Waals surface area contributed by atoms with Gasteiger partial charge in [-0.25, -0.2) is 13.2 Å². The molecule has 19 heavy (non-hydrogen) atoms. The van der Waals surface area contributed by atoms with Gasteiger partial charge in [0.15, 0.2) is 22.9 Å². The molecule has 1 aliphatic carbocycles. The first-order valence-corrected chi connectivity index (χ1v) is 6.12. The molecule has 0 aliphatic heterocycles. The highest BCUT2D eigenvalue weighted by molar-refractivity contribution is 5.82. The minimum atomic E-state index is -1.28. The van der Waals surface area contributed by atoms with Gasteiger partial charge in [-0.2, -0.15) is 0 Å². The Morgan fingerprint density at radius 3 is 2.32 bits per heavy atom. The molecule has 1 aromatic carbocycles.